The Balaban J connectivity index is 2.39. The monoisotopic (exact) mass is 253 g/mol. The van der Waals surface area contributed by atoms with E-state index in [1.165, 1.54) is 0 Å². The molecule has 2 N–H and O–H groups in total. The maximum atomic E-state index is 9.20. The van der Waals surface area contributed by atoms with Gasteiger partial charge in [0.1, 0.15) is 11.9 Å². The van der Waals surface area contributed by atoms with Gasteiger partial charge in [0.05, 0.1) is 11.3 Å². The number of nitrogens with one attached hydrogen (secondary N) is 2. The summed E-state index contributed by atoms with van der Waals surface area (Å²) in [5, 5.41) is 15.3. The Morgan fingerprint density at radius 3 is 2.68 bits per heavy atom. The summed E-state index contributed by atoms with van der Waals surface area (Å²) < 4.78 is 0. The summed E-state index contributed by atoms with van der Waals surface area (Å²) in [4.78, 5) is 8.54. The number of hydrogen-bond donors (Lipinski definition) is 2. The molecule has 1 heterocycles. The topological polar surface area (TPSA) is 73.6 Å². The van der Waals surface area contributed by atoms with E-state index in [2.05, 4.69) is 26.7 Å². The lowest BCUT2D eigenvalue weighted by Crippen LogP contribution is -2.03. The van der Waals surface area contributed by atoms with Crippen LogP contribution in [0.5, 0.6) is 0 Å². The van der Waals surface area contributed by atoms with Crippen molar-refractivity contribution < 1.29 is 0 Å². The fourth-order valence-corrected chi connectivity index (χ4v) is 1.80. The van der Waals surface area contributed by atoms with Crippen LogP contribution >= 0.6 is 0 Å². The van der Waals surface area contributed by atoms with E-state index in [0.717, 1.165) is 16.9 Å². The Hall–Kier alpha value is -2.61. The van der Waals surface area contributed by atoms with E-state index in [1.54, 1.807) is 7.05 Å². The molecule has 2 rings (SSSR count). The van der Waals surface area contributed by atoms with Gasteiger partial charge in [-0.05, 0) is 25.5 Å². The van der Waals surface area contributed by atoms with Gasteiger partial charge in [0.25, 0.3) is 0 Å². The Labute approximate surface area is 112 Å². The highest BCUT2D eigenvalue weighted by Gasteiger charge is 2.07. The number of aromatic nitrogens is 2. The highest BCUT2D eigenvalue weighted by Crippen LogP contribution is 2.22. The molecule has 0 aliphatic carbocycles. The molecule has 0 saturated heterocycles. The third kappa shape index (κ3) is 2.80. The fraction of sp³-hybridized carbons (Fsp3) is 0.214. The predicted molar refractivity (Wildman–Crippen MR) is 75.5 cm³/mol. The van der Waals surface area contributed by atoms with Gasteiger partial charge in [-0.2, -0.15) is 10.2 Å². The molecule has 2 aromatic rings. The smallest absolute Gasteiger partial charge is 0.224 e. The molecule has 0 bridgehead atoms. The first-order valence-corrected chi connectivity index (χ1v) is 5.94. The van der Waals surface area contributed by atoms with E-state index in [-0.39, 0.29) is 0 Å². The van der Waals surface area contributed by atoms with Crippen molar-refractivity contribution in [3.8, 4) is 6.07 Å². The van der Waals surface area contributed by atoms with Crippen LogP contribution in [0.4, 0.5) is 17.5 Å². The second-order valence-electron chi connectivity index (χ2n) is 4.20. The molecule has 0 radical (unpaired) electrons. The minimum absolute atomic E-state index is 0.550. The second kappa shape index (κ2) is 5.36. The van der Waals surface area contributed by atoms with Crippen LogP contribution in [-0.4, -0.2) is 17.0 Å². The van der Waals surface area contributed by atoms with Crippen LogP contribution < -0.4 is 10.6 Å². The van der Waals surface area contributed by atoms with Crippen LogP contribution in [0, 0.1) is 25.2 Å². The van der Waals surface area contributed by atoms with Crippen molar-refractivity contribution >= 4 is 17.5 Å². The fourth-order valence-electron chi connectivity index (χ4n) is 1.80. The molecule has 0 aliphatic rings. The van der Waals surface area contributed by atoms with Crippen molar-refractivity contribution in [2.75, 3.05) is 17.7 Å². The molecule has 0 amide bonds. The van der Waals surface area contributed by atoms with Crippen LogP contribution in [0.2, 0.25) is 0 Å². The Bertz CT molecular complexity index is 643. The molecule has 5 nitrogen and oxygen atoms in total. The van der Waals surface area contributed by atoms with Gasteiger partial charge in [-0.3, -0.25) is 0 Å². The molecule has 0 unspecified atom stereocenters. The van der Waals surface area contributed by atoms with Crippen molar-refractivity contribution in [3.63, 3.8) is 0 Å². The minimum atomic E-state index is 0.550. The highest BCUT2D eigenvalue weighted by atomic mass is 15.1. The van der Waals surface area contributed by atoms with Crippen LogP contribution in [0.15, 0.2) is 24.3 Å². The van der Waals surface area contributed by atoms with Gasteiger partial charge in [0.2, 0.25) is 5.95 Å². The van der Waals surface area contributed by atoms with Gasteiger partial charge in [-0.15, -0.1) is 0 Å². The number of rotatable bonds is 3. The van der Waals surface area contributed by atoms with Crippen molar-refractivity contribution in [2.45, 2.75) is 13.8 Å². The van der Waals surface area contributed by atoms with E-state index < -0.39 is 0 Å². The number of anilines is 3. The summed E-state index contributed by atoms with van der Waals surface area (Å²) in [6.07, 6.45) is 0. The highest BCUT2D eigenvalue weighted by molar-refractivity contribution is 5.67. The van der Waals surface area contributed by atoms with Crippen molar-refractivity contribution in [3.05, 3.63) is 41.1 Å². The molecular weight excluding hydrogens is 238 g/mol. The zero-order valence-corrected chi connectivity index (χ0v) is 11.2. The quantitative estimate of drug-likeness (QED) is 0.879. The van der Waals surface area contributed by atoms with Crippen LogP contribution in [-0.2, 0) is 0 Å². The summed E-state index contributed by atoms with van der Waals surface area (Å²) in [5.41, 5.74) is 3.17. The molecule has 96 valence electrons. The van der Waals surface area contributed by atoms with E-state index in [1.807, 2.05) is 38.1 Å². The molecule has 1 aromatic heterocycles. The summed E-state index contributed by atoms with van der Waals surface area (Å²) in [6, 6.07) is 9.73. The summed E-state index contributed by atoms with van der Waals surface area (Å²) in [7, 11) is 1.77. The van der Waals surface area contributed by atoms with Crippen molar-refractivity contribution in [2.24, 2.45) is 0 Å². The lowest BCUT2D eigenvalue weighted by molar-refractivity contribution is 1.10. The molecule has 0 saturated carbocycles. The molecule has 0 aliphatic heterocycles. The second-order valence-corrected chi connectivity index (χ2v) is 4.20. The molecule has 1 aromatic carbocycles. The van der Waals surface area contributed by atoms with Crippen molar-refractivity contribution in [1.82, 2.24) is 9.97 Å². The average Bonchev–Trinajstić information content (AvgIpc) is 2.38. The van der Waals surface area contributed by atoms with Gasteiger partial charge in [0.15, 0.2) is 0 Å². The predicted octanol–water partition coefficient (Wildman–Crippen LogP) is 2.75. The van der Waals surface area contributed by atoms with E-state index in [0.29, 0.717) is 17.3 Å². The maximum Gasteiger partial charge on any atom is 0.224 e. The number of aryl methyl sites for hydroxylation is 2. The molecule has 19 heavy (non-hydrogen) atoms. The van der Waals surface area contributed by atoms with Gasteiger partial charge in [-0.25, -0.2) is 4.98 Å². The summed E-state index contributed by atoms with van der Waals surface area (Å²) in [6.45, 7) is 3.81. The third-order valence-corrected chi connectivity index (χ3v) is 2.73. The lowest BCUT2D eigenvalue weighted by Gasteiger charge is -2.10. The Morgan fingerprint density at radius 2 is 2.00 bits per heavy atom. The molecule has 0 fully saturated rings. The first kappa shape index (κ1) is 12.8. The molecule has 5 heteroatoms. The van der Waals surface area contributed by atoms with E-state index >= 15 is 0 Å². The number of benzene rings is 1. The lowest BCUT2D eigenvalue weighted by atomic mass is 10.1. The van der Waals surface area contributed by atoms with Gasteiger partial charge < -0.3 is 10.6 Å². The number of nitriles is 1. The molecule has 0 atom stereocenters. The minimum Gasteiger partial charge on any atom is -0.357 e. The SMILES string of the molecule is CNc1nc(C)cc(Nc2cccc(C)c2C#N)n1. The number of hydrogen-bond acceptors (Lipinski definition) is 5. The van der Waals surface area contributed by atoms with Gasteiger partial charge in [-0.1, -0.05) is 12.1 Å². The molecular formula is C14H15N5. The van der Waals surface area contributed by atoms with Gasteiger partial charge in [0, 0.05) is 18.8 Å². The van der Waals surface area contributed by atoms with Crippen LogP contribution in [0.1, 0.15) is 16.8 Å². The van der Waals surface area contributed by atoms with Crippen LogP contribution in [0.3, 0.4) is 0 Å². The van der Waals surface area contributed by atoms with Gasteiger partial charge >= 0.3 is 0 Å². The average molecular weight is 253 g/mol. The number of nitrogens with zero attached hydrogens (tertiary/aromatic N) is 3. The largest absolute Gasteiger partial charge is 0.357 e. The van der Waals surface area contributed by atoms with Crippen molar-refractivity contribution in [1.29, 1.82) is 5.26 Å². The summed E-state index contributed by atoms with van der Waals surface area (Å²) >= 11 is 0. The van der Waals surface area contributed by atoms with E-state index in [9.17, 15) is 5.26 Å². The zero-order valence-electron chi connectivity index (χ0n) is 11.2. The summed E-state index contributed by atoms with van der Waals surface area (Å²) in [5.74, 6) is 1.22. The van der Waals surface area contributed by atoms with E-state index in [4.69, 9.17) is 0 Å². The molecule has 0 spiro atoms. The zero-order chi connectivity index (χ0) is 13.8. The normalized spacial score (nSPS) is 9.79. The Kier molecular flexibility index (Phi) is 3.62. The third-order valence-electron chi connectivity index (χ3n) is 2.73. The standard InChI is InChI=1S/C14H15N5/c1-9-5-4-6-12(11(9)8-15)18-13-7-10(2)17-14(16-3)19-13/h4-7H,1-3H3,(H2,16,17,18,19). The first-order valence-electron chi connectivity index (χ1n) is 5.94. The van der Waals surface area contributed by atoms with Crippen LogP contribution in [0.25, 0.3) is 0 Å². The maximum absolute atomic E-state index is 9.20. The Morgan fingerprint density at radius 1 is 1.21 bits per heavy atom. The first-order chi connectivity index (χ1) is 9.13.